The number of benzene rings is 1. The number of fused-ring (bicyclic) bond motifs is 1. The van der Waals surface area contributed by atoms with Crippen molar-refractivity contribution in [2.45, 2.75) is 51.9 Å². The Morgan fingerprint density at radius 1 is 1.20 bits per heavy atom. The number of rotatable bonds is 6. The van der Waals surface area contributed by atoms with Crippen molar-refractivity contribution in [1.29, 1.82) is 0 Å². The number of hydrogen-bond donors (Lipinski definition) is 4. The van der Waals surface area contributed by atoms with E-state index in [4.69, 9.17) is 4.52 Å². The molecular weight excluding hydrogens is 558 g/mol. The number of halogens is 3. The molecule has 4 N–H and O–H groups in total. The first kappa shape index (κ1) is 28.8. The zero-order valence-corrected chi connectivity index (χ0v) is 24.1. The highest BCUT2D eigenvalue weighted by molar-refractivity contribution is 7.70. The summed E-state index contributed by atoms with van der Waals surface area (Å²) in [5.41, 5.74) is 0.125. The topological polar surface area (TPSA) is 138 Å². The van der Waals surface area contributed by atoms with Crippen LogP contribution >= 0.6 is 7.14 Å². The van der Waals surface area contributed by atoms with E-state index in [1.165, 1.54) is 31.7 Å². The zero-order valence-electron chi connectivity index (χ0n) is 23.2. The number of carbonyl (C=O) groups excluding carboxylic acids is 1. The summed E-state index contributed by atoms with van der Waals surface area (Å²) in [6.45, 7) is 9.04. The number of anilines is 2. The van der Waals surface area contributed by atoms with Crippen LogP contribution in [0.3, 0.4) is 0 Å². The van der Waals surface area contributed by atoms with E-state index < -0.39 is 24.8 Å². The lowest BCUT2D eigenvalue weighted by Gasteiger charge is -2.28. The van der Waals surface area contributed by atoms with Gasteiger partial charge in [-0.3, -0.25) is 4.79 Å². The van der Waals surface area contributed by atoms with Gasteiger partial charge in [-0.15, -0.1) is 0 Å². The summed E-state index contributed by atoms with van der Waals surface area (Å²) in [5, 5.41) is 13.6. The second-order valence-electron chi connectivity index (χ2n) is 10.8. The number of amides is 1. The van der Waals surface area contributed by atoms with E-state index in [1.807, 2.05) is 0 Å². The Labute approximate surface area is 234 Å². The molecule has 2 atom stereocenters. The molecule has 41 heavy (non-hydrogen) atoms. The monoisotopic (exact) mass is 589 g/mol. The van der Waals surface area contributed by atoms with Crippen LogP contribution in [0.2, 0.25) is 0 Å². The number of carbonyl (C=O) groups is 1. The van der Waals surface area contributed by atoms with Crippen molar-refractivity contribution in [3.05, 3.63) is 47.1 Å². The Hall–Kier alpha value is -3.70. The van der Waals surface area contributed by atoms with Gasteiger partial charge in [-0.1, -0.05) is 11.2 Å². The Balaban J connectivity index is 1.60. The number of H-pyrrole nitrogens is 1. The van der Waals surface area contributed by atoms with E-state index in [1.54, 1.807) is 13.8 Å². The highest BCUT2D eigenvalue weighted by Crippen LogP contribution is 2.43. The predicted octanol–water partition coefficient (Wildman–Crippen LogP) is 5.30. The van der Waals surface area contributed by atoms with Gasteiger partial charge in [0.15, 0.2) is 5.76 Å². The molecule has 4 aromatic rings. The number of alkyl halides is 3. The van der Waals surface area contributed by atoms with Crippen LogP contribution < -0.4 is 21.3 Å². The van der Waals surface area contributed by atoms with Crippen molar-refractivity contribution >= 4 is 40.9 Å². The number of hydrogen-bond acceptors (Lipinski definition) is 8. The van der Waals surface area contributed by atoms with Crippen molar-refractivity contribution in [3.8, 4) is 11.3 Å². The molecular formula is C27H31F3N7O3P. The average Bonchev–Trinajstić information content (AvgIpc) is 3.46. The van der Waals surface area contributed by atoms with Gasteiger partial charge in [0.25, 0.3) is 5.91 Å². The van der Waals surface area contributed by atoms with Gasteiger partial charge in [-0.05, 0) is 53.0 Å². The molecule has 1 aromatic carbocycles. The molecule has 0 bridgehead atoms. The highest BCUT2D eigenvalue weighted by atomic mass is 31.2. The van der Waals surface area contributed by atoms with Gasteiger partial charge in [0.2, 0.25) is 5.95 Å². The summed E-state index contributed by atoms with van der Waals surface area (Å²) in [4.78, 5) is 24.6. The quantitative estimate of drug-likeness (QED) is 0.222. The van der Waals surface area contributed by atoms with Crippen molar-refractivity contribution < 1.29 is 27.1 Å². The normalized spacial score (nSPS) is 18.0. The summed E-state index contributed by atoms with van der Waals surface area (Å²) < 4.78 is 61.0. The minimum Gasteiger partial charge on any atom is -0.360 e. The molecule has 3 aromatic heterocycles. The first-order valence-corrected chi connectivity index (χ1v) is 15.7. The second kappa shape index (κ2) is 10.6. The summed E-state index contributed by atoms with van der Waals surface area (Å²) in [6.07, 6.45) is -0.812. The molecule has 1 saturated heterocycles. The van der Waals surface area contributed by atoms with Gasteiger partial charge in [-0.2, -0.15) is 13.2 Å². The van der Waals surface area contributed by atoms with Gasteiger partial charge in [0, 0.05) is 47.3 Å². The molecule has 0 saturated carbocycles. The predicted molar refractivity (Wildman–Crippen MR) is 151 cm³/mol. The Morgan fingerprint density at radius 2 is 1.95 bits per heavy atom. The fourth-order valence-corrected chi connectivity index (χ4v) is 6.61. The maximum absolute atomic E-state index is 14.1. The number of nitrogens with zero attached hydrogens (tertiary/aromatic N) is 3. The molecule has 1 amide bonds. The maximum atomic E-state index is 14.1. The molecule has 1 aliphatic rings. The fraction of sp³-hybridized carbons (Fsp3) is 0.407. The van der Waals surface area contributed by atoms with Crippen LogP contribution in [0.1, 0.15) is 47.1 Å². The van der Waals surface area contributed by atoms with Crippen LogP contribution in [-0.4, -0.2) is 58.0 Å². The van der Waals surface area contributed by atoms with Gasteiger partial charge in [0.1, 0.15) is 24.1 Å². The lowest BCUT2D eigenvalue weighted by Crippen LogP contribution is -2.43. The molecule has 1 aliphatic heterocycles. The maximum Gasteiger partial charge on any atom is 0.419 e. The summed E-state index contributed by atoms with van der Waals surface area (Å²) in [5.74, 6) is -0.0597. The van der Waals surface area contributed by atoms with Crippen LogP contribution in [0.25, 0.3) is 22.2 Å². The first-order chi connectivity index (χ1) is 19.2. The molecule has 0 spiro atoms. The minimum atomic E-state index is -4.72. The van der Waals surface area contributed by atoms with Crippen molar-refractivity contribution in [2.24, 2.45) is 0 Å². The highest BCUT2D eigenvalue weighted by Gasteiger charge is 2.37. The molecule has 14 heteroatoms. The average molecular weight is 590 g/mol. The largest absolute Gasteiger partial charge is 0.419 e. The number of aryl methyl sites for hydroxylation is 2. The van der Waals surface area contributed by atoms with Gasteiger partial charge in [-0.25, -0.2) is 9.97 Å². The van der Waals surface area contributed by atoms with Crippen molar-refractivity contribution in [2.75, 3.05) is 30.5 Å². The molecule has 1 fully saturated rings. The summed E-state index contributed by atoms with van der Waals surface area (Å²) in [7, 11) is -3.14. The van der Waals surface area contributed by atoms with Crippen LogP contribution in [0.5, 0.6) is 0 Å². The smallest absolute Gasteiger partial charge is 0.360 e. The Kier molecular flexibility index (Phi) is 7.46. The number of piperidine rings is 1. The third-order valence-electron chi connectivity index (χ3n) is 7.23. The number of aromatic nitrogens is 4. The van der Waals surface area contributed by atoms with E-state index in [-0.39, 0.29) is 34.1 Å². The molecule has 0 aliphatic carbocycles. The van der Waals surface area contributed by atoms with Gasteiger partial charge < -0.3 is 30.0 Å². The SMILES string of the molecule is Cc1noc(C)c1NC(=O)c1ccc2c(-c3nc(N[C@H]4CC[C@H](C)NC4)ncc3C(F)(F)F)c[nH]c2c1P(C)(C)=O. The zero-order chi connectivity index (χ0) is 29.7. The molecule has 0 unspecified atom stereocenters. The summed E-state index contributed by atoms with van der Waals surface area (Å²) in [6, 6.07) is 3.33. The standard InChI is InChI=1S/C27H31F3N7O3P/c1-13-6-7-16(10-31-13)34-26-33-12-20(27(28,29)30)22(36-26)19-11-32-23-17(19)8-9-18(24(23)41(4,5)39)25(38)35-21-14(2)37-40-15(21)3/h8-9,11-13,16,31-32H,6-7,10H2,1-5H3,(H,35,38)(H,33,34,36)/t13-,16-/m0/s1. The fourth-order valence-electron chi connectivity index (χ4n) is 5.13. The molecule has 10 nitrogen and oxygen atoms in total. The number of nitrogens with one attached hydrogen (secondary N) is 4. The van der Waals surface area contributed by atoms with E-state index in [2.05, 4.69) is 43.0 Å². The van der Waals surface area contributed by atoms with Crippen molar-refractivity contribution in [3.63, 3.8) is 0 Å². The van der Waals surface area contributed by atoms with E-state index >= 15 is 0 Å². The molecule has 218 valence electrons. The first-order valence-electron chi connectivity index (χ1n) is 13.1. The van der Waals surface area contributed by atoms with Gasteiger partial charge in [0.05, 0.1) is 16.8 Å². The lowest BCUT2D eigenvalue weighted by molar-refractivity contribution is -0.137. The Bertz CT molecular complexity index is 1650. The van der Waals surface area contributed by atoms with Crippen LogP contribution in [0, 0.1) is 13.8 Å². The minimum absolute atomic E-state index is 0.0322. The summed E-state index contributed by atoms with van der Waals surface area (Å²) >= 11 is 0. The van der Waals surface area contributed by atoms with Crippen LogP contribution in [0.4, 0.5) is 24.8 Å². The van der Waals surface area contributed by atoms with Crippen LogP contribution in [-0.2, 0) is 10.7 Å². The number of aromatic amines is 1. The third-order valence-corrected chi connectivity index (χ3v) is 8.77. The van der Waals surface area contributed by atoms with E-state index in [9.17, 15) is 22.5 Å². The Morgan fingerprint density at radius 3 is 2.56 bits per heavy atom. The lowest BCUT2D eigenvalue weighted by atomic mass is 10.0. The van der Waals surface area contributed by atoms with Gasteiger partial charge >= 0.3 is 6.18 Å². The van der Waals surface area contributed by atoms with Crippen molar-refractivity contribution in [1.82, 2.24) is 25.4 Å². The third kappa shape index (κ3) is 5.73. The molecule has 0 radical (unpaired) electrons. The molecule has 5 rings (SSSR count). The van der Waals surface area contributed by atoms with E-state index in [0.717, 1.165) is 19.0 Å². The van der Waals surface area contributed by atoms with Crippen LogP contribution in [0.15, 0.2) is 29.0 Å². The second-order valence-corrected chi connectivity index (χ2v) is 13.9. The van der Waals surface area contributed by atoms with E-state index in [0.29, 0.717) is 40.6 Å². The molecule has 4 heterocycles.